The van der Waals surface area contributed by atoms with Crippen molar-refractivity contribution < 1.29 is 19.3 Å². The molecular weight excluding hydrogens is 332 g/mol. The topological polar surface area (TPSA) is 54.4 Å². The first-order valence-electron chi connectivity index (χ1n) is 8.85. The fourth-order valence-electron chi connectivity index (χ4n) is 3.54. The molecule has 6 nitrogen and oxygen atoms in total. The van der Waals surface area contributed by atoms with Crippen LogP contribution < -0.4 is 14.4 Å². The summed E-state index contributed by atoms with van der Waals surface area (Å²) in [6.45, 7) is 3.20. The summed E-state index contributed by atoms with van der Waals surface area (Å²) in [7, 11) is 4.05. The molecule has 0 aliphatic carbocycles. The summed E-state index contributed by atoms with van der Waals surface area (Å²) in [4.78, 5) is 4.41. The molecule has 2 aliphatic rings. The number of aromatic hydroxyl groups is 1. The molecule has 0 aromatic heterocycles. The van der Waals surface area contributed by atoms with Gasteiger partial charge >= 0.3 is 0 Å². The molecule has 4 rings (SSSR count). The zero-order chi connectivity index (χ0) is 18.1. The number of anilines is 1. The second-order valence-corrected chi connectivity index (χ2v) is 6.80. The molecule has 1 saturated heterocycles. The standard InChI is InChI=1S/C20H24N2O4/c1-21(2)15-5-3-14(4-6-15)20(22-7-9-24-10-8-22)16-11-18-19(12-17(16)23)26-13-25-18/h3-6,11-12,20,23H,7-10,13H2,1-2H3/t20-/m1/s1. The Kier molecular flexibility index (Phi) is 4.61. The van der Waals surface area contributed by atoms with Gasteiger partial charge in [-0.3, -0.25) is 4.90 Å². The van der Waals surface area contributed by atoms with E-state index in [-0.39, 0.29) is 18.6 Å². The molecule has 0 bridgehead atoms. The van der Waals surface area contributed by atoms with E-state index in [0.717, 1.165) is 29.9 Å². The van der Waals surface area contributed by atoms with E-state index in [9.17, 15) is 5.11 Å². The minimum Gasteiger partial charge on any atom is -0.507 e. The molecule has 2 aliphatic heterocycles. The molecule has 2 aromatic rings. The molecule has 26 heavy (non-hydrogen) atoms. The normalized spacial score (nSPS) is 17.9. The molecule has 0 amide bonds. The zero-order valence-corrected chi connectivity index (χ0v) is 15.1. The fraction of sp³-hybridized carbons (Fsp3) is 0.400. The van der Waals surface area contributed by atoms with Crippen molar-refractivity contribution in [3.63, 3.8) is 0 Å². The van der Waals surface area contributed by atoms with Gasteiger partial charge in [-0.25, -0.2) is 0 Å². The summed E-state index contributed by atoms with van der Waals surface area (Å²) in [6, 6.07) is 11.9. The molecule has 0 spiro atoms. The van der Waals surface area contributed by atoms with Gasteiger partial charge in [0.1, 0.15) is 5.75 Å². The Labute approximate surface area is 153 Å². The van der Waals surface area contributed by atoms with E-state index in [1.165, 1.54) is 0 Å². The quantitative estimate of drug-likeness (QED) is 0.909. The molecule has 1 N–H and O–H groups in total. The van der Waals surface area contributed by atoms with E-state index >= 15 is 0 Å². The van der Waals surface area contributed by atoms with Gasteiger partial charge in [-0.05, 0) is 23.8 Å². The van der Waals surface area contributed by atoms with Crippen LogP contribution in [-0.2, 0) is 4.74 Å². The van der Waals surface area contributed by atoms with Crippen LogP contribution in [0.1, 0.15) is 17.2 Å². The molecule has 1 fully saturated rings. The number of morpholine rings is 1. The highest BCUT2D eigenvalue weighted by molar-refractivity contribution is 5.55. The van der Waals surface area contributed by atoms with Crippen LogP contribution in [0.4, 0.5) is 5.69 Å². The highest BCUT2D eigenvalue weighted by atomic mass is 16.7. The molecule has 138 valence electrons. The van der Waals surface area contributed by atoms with E-state index < -0.39 is 0 Å². The SMILES string of the molecule is CN(C)c1ccc([C@H](c2cc3c(cc2O)OCO3)N2CCOCC2)cc1. The molecule has 2 aromatic carbocycles. The predicted molar refractivity (Wildman–Crippen MR) is 99.2 cm³/mol. The van der Waals surface area contributed by atoms with Gasteiger partial charge in [0.15, 0.2) is 11.5 Å². The van der Waals surface area contributed by atoms with Crippen LogP contribution >= 0.6 is 0 Å². The Bertz CT molecular complexity index is 770. The average molecular weight is 356 g/mol. The lowest BCUT2D eigenvalue weighted by Crippen LogP contribution is -2.39. The number of rotatable bonds is 4. The number of hydrogen-bond acceptors (Lipinski definition) is 6. The second-order valence-electron chi connectivity index (χ2n) is 6.80. The molecule has 0 saturated carbocycles. The van der Waals surface area contributed by atoms with Gasteiger partial charge in [0.2, 0.25) is 6.79 Å². The van der Waals surface area contributed by atoms with Gasteiger partial charge in [0, 0.05) is 44.5 Å². The largest absolute Gasteiger partial charge is 0.507 e. The van der Waals surface area contributed by atoms with Crippen LogP contribution in [0.25, 0.3) is 0 Å². The second kappa shape index (κ2) is 7.05. The maximum Gasteiger partial charge on any atom is 0.231 e. The first-order chi connectivity index (χ1) is 12.6. The Morgan fingerprint density at radius 2 is 1.65 bits per heavy atom. The van der Waals surface area contributed by atoms with Gasteiger partial charge in [-0.2, -0.15) is 0 Å². The summed E-state index contributed by atoms with van der Waals surface area (Å²) >= 11 is 0. The monoisotopic (exact) mass is 356 g/mol. The third kappa shape index (κ3) is 3.18. The van der Waals surface area contributed by atoms with Crippen LogP contribution in [0, 0.1) is 0 Å². The molecule has 2 heterocycles. The maximum atomic E-state index is 10.7. The van der Waals surface area contributed by atoms with Crippen molar-refractivity contribution in [2.24, 2.45) is 0 Å². The van der Waals surface area contributed by atoms with Crippen LogP contribution in [0.3, 0.4) is 0 Å². The molecular formula is C20H24N2O4. The molecule has 1 atom stereocenters. The summed E-state index contributed by atoms with van der Waals surface area (Å²) in [5, 5.41) is 10.7. The van der Waals surface area contributed by atoms with Gasteiger partial charge in [-0.15, -0.1) is 0 Å². The minimum atomic E-state index is -0.0652. The number of phenolic OH excluding ortho intramolecular Hbond substituents is 1. The number of hydrogen-bond donors (Lipinski definition) is 1. The lowest BCUT2D eigenvalue weighted by molar-refractivity contribution is 0.0235. The van der Waals surface area contributed by atoms with Crippen LogP contribution in [0.15, 0.2) is 36.4 Å². The first kappa shape index (κ1) is 17.0. The van der Waals surface area contributed by atoms with Crippen molar-refractivity contribution in [1.82, 2.24) is 4.90 Å². The van der Waals surface area contributed by atoms with Crippen LogP contribution in [0.2, 0.25) is 0 Å². The smallest absolute Gasteiger partial charge is 0.231 e. The fourth-order valence-corrected chi connectivity index (χ4v) is 3.54. The number of fused-ring (bicyclic) bond motifs is 1. The van der Waals surface area contributed by atoms with Gasteiger partial charge < -0.3 is 24.2 Å². The van der Waals surface area contributed by atoms with Crippen molar-refractivity contribution >= 4 is 5.69 Å². The van der Waals surface area contributed by atoms with Crippen molar-refractivity contribution in [2.45, 2.75) is 6.04 Å². The van der Waals surface area contributed by atoms with E-state index in [4.69, 9.17) is 14.2 Å². The summed E-state index contributed by atoms with van der Waals surface area (Å²) in [6.07, 6.45) is 0. The Morgan fingerprint density at radius 3 is 2.31 bits per heavy atom. The minimum absolute atomic E-state index is 0.0652. The van der Waals surface area contributed by atoms with Crippen molar-refractivity contribution in [3.05, 3.63) is 47.5 Å². The van der Waals surface area contributed by atoms with E-state index in [0.29, 0.717) is 24.7 Å². The van der Waals surface area contributed by atoms with E-state index in [2.05, 4.69) is 34.1 Å². The third-order valence-electron chi connectivity index (χ3n) is 4.95. The summed E-state index contributed by atoms with van der Waals surface area (Å²) in [5.41, 5.74) is 3.10. The van der Waals surface area contributed by atoms with Crippen molar-refractivity contribution in [2.75, 3.05) is 52.1 Å². The Morgan fingerprint density at radius 1 is 1.00 bits per heavy atom. The summed E-state index contributed by atoms with van der Waals surface area (Å²) < 4.78 is 16.4. The number of nitrogens with zero attached hydrogens (tertiary/aromatic N) is 2. The number of ether oxygens (including phenoxy) is 3. The average Bonchev–Trinajstić information content (AvgIpc) is 3.10. The van der Waals surface area contributed by atoms with Crippen LogP contribution in [0.5, 0.6) is 17.2 Å². The van der Waals surface area contributed by atoms with Gasteiger partial charge in [0.05, 0.1) is 19.3 Å². The Balaban J connectivity index is 1.76. The number of phenols is 1. The molecule has 6 heteroatoms. The zero-order valence-electron chi connectivity index (χ0n) is 15.1. The van der Waals surface area contributed by atoms with E-state index in [1.807, 2.05) is 20.2 Å². The van der Waals surface area contributed by atoms with E-state index in [1.54, 1.807) is 6.07 Å². The van der Waals surface area contributed by atoms with Gasteiger partial charge in [-0.1, -0.05) is 12.1 Å². The Hall–Kier alpha value is -2.44. The van der Waals surface area contributed by atoms with Gasteiger partial charge in [0.25, 0.3) is 0 Å². The molecule has 0 unspecified atom stereocenters. The first-order valence-corrected chi connectivity index (χ1v) is 8.85. The lowest BCUT2D eigenvalue weighted by atomic mass is 9.95. The third-order valence-corrected chi connectivity index (χ3v) is 4.95. The van der Waals surface area contributed by atoms with Crippen molar-refractivity contribution in [1.29, 1.82) is 0 Å². The highest BCUT2D eigenvalue weighted by Gasteiger charge is 2.29. The van der Waals surface area contributed by atoms with Crippen LogP contribution in [-0.4, -0.2) is 57.2 Å². The maximum absolute atomic E-state index is 10.7. The summed E-state index contributed by atoms with van der Waals surface area (Å²) in [5.74, 6) is 1.50. The lowest BCUT2D eigenvalue weighted by Gasteiger charge is -2.35. The molecule has 0 radical (unpaired) electrons. The highest BCUT2D eigenvalue weighted by Crippen LogP contribution is 2.43. The van der Waals surface area contributed by atoms with Crippen molar-refractivity contribution in [3.8, 4) is 17.2 Å². The number of benzene rings is 2. The predicted octanol–water partition coefficient (Wildman–Crippen LogP) is 2.61.